The summed E-state index contributed by atoms with van der Waals surface area (Å²) in [6.45, 7) is 0. The minimum absolute atomic E-state index is 0.204. The van der Waals surface area contributed by atoms with Gasteiger partial charge in [-0.3, -0.25) is 19.2 Å². The maximum atomic E-state index is 12.0. The third kappa shape index (κ3) is 2.64. The summed E-state index contributed by atoms with van der Waals surface area (Å²) in [5.74, 6) is -2.09. The van der Waals surface area contributed by atoms with Crippen molar-refractivity contribution < 1.29 is 19.5 Å². The molecule has 1 aromatic heterocycles. The van der Waals surface area contributed by atoms with Crippen LogP contribution in [0, 0.1) is 0 Å². The molecular formula is C12H15N3O4. The van der Waals surface area contributed by atoms with E-state index in [2.05, 4.69) is 5.10 Å². The van der Waals surface area contributed by atoms with Crippen LogP contribution >= 0.6 is 0 Å². The Morgan fingerprint density at radius 3 is 2.32 bits per heavy atom. The molecule has 0 saturated carbocycles. The lowest BCUT2D eigenvalue weighted by Crippen LogP contribution is -2.42. The molecular weight excluding hydrogens is 250 g/mol. The summed E-state index contributed by atoms with van der Waals surface area (Å²) in [6.07, 6.45) is 4.50. The highest BCUT2D eigenvalue weighted by Gasteiger charge is 2.37. The van der Waals surface area contributed by atoms with Gasteiger partial charge in [-0.15, -0.1) is 0 Å². The highest BCUT2D eigenvalue weighted by molar-refractivity contribution is 6.00. The average molecular weight is 265 g/mol. The molecule has 19 heavy (non-hydrogen) atoms. The Kier molecular flexibility index (Phi) is 3.64. The first kappa shape index (κ1) is 13.3. The highest BCUT2D eigenvalue weighted by Crippen LogP contribution is 2.25. The number of amides is 2. The molecule has 0 radical (unpaired) electrons. The number of imide groups is 1. The molecule has 2 rings (SSSR count). The van der Waals surface area contributed by atoms with Gasteiger partial charge in [0, 0.05) is 31.6 Å². The number of aliphatic carboxylic acids is 1. The van der Waals surface area contributed by atoms with Crippen molar-refractivity contribution in [2.75, 3.05) is 0 Å². The maximum absolute atomic E-state index is 12.0. The predicted octanol–water partition coefficient (Wildman–Crippen LogP) is 0.475. The zero-order valence-corrected chi connectivity index (χ0v) is 10.6. The number of carbonyl (C=O) groups excluding carboxylic acids is 2. The molecule has 1 unspecified atom stereocenters. The second-order valence-electron chi connectivity index (χ2n) is 4.55. The van der Waals surface area contributed by atoms with Gasteiger partial charge in [0.15, 0.2) is 6.04 Å². The summed E-state index contributed by atoms with van der Waals surface area (Å²) < 4.78 is 1.44. The number of aryl methyl sites for hydroxylation is 1. The first-order valence-corrected chi connectivity index (χ1v) is 6.07. The van der Waals surface area contributed by atoms with Gasteiger partial charge < -0.3 is 5.11 Å². The van der Waals surface area contributed by atoms with Crippen LogP contribution < -0.4 is 0 Å². The lowest BCUT2D eigenvalue weighted by molar-refractivity contribution is -0.157. The van der Waals surface area contributed by atoms with Crippen LogP contribution in [0.15, 0.2) is 12.4 Å². The Morgan fingerprint density at radius 1 is 1.32 bits per heavy atom. The highest BCUT2D eigenvalue weighted by atomic mass is 16.4. The summed E-state index contributed by atoms with van der Waals surface area (Å²) in [6, 6.07) is -1.29. The van der Waals surface area contributed by atoms with Crippen LogP contribution in [0.4, 0.5) is 0 Å². The van der Waals surface area contributed by atoms with Gasteiger partial charge >= 0.3 is 5.97 Å². The number of carbonyl (C=O) groups is 3. The number of carboxylic acid groups (broad SMARTS) is 1. The van der Waals surface area contributed by atoms with Gasteiger partial charge in [-0.25, -0.2) is 4.79 Å². The van der Waals surface area contributed by atoms with Gasteiger partial charge in [0.1, 0.15) is 0 Å². The Balaban J connectivity index is 2.39. The van der Waals surface area contributed by atoms with Gasteiger partial charge in [-0.2, -0.15) is 5.10 Å². The molecule has 1 aliphatic heterocycles. The molecule has 102 valence electrons. The van der Waals surface area contributed by atoms with E-state index in [-0.39, 0.29) is 12.8 Å². The summed E-state index contributed by atoms with van der Waals surface area (Å²) in [7, 11) is 1.65. The Hall–Kier alpha value is -2.18. The van der Waals surface area contributed by atoms with Crippen LogP contribution in [0.25, 0.3) is 0 Å². The molecule has 0 aliphatic carbocycles. The lowest BCUT2D eigenvalue weighted by atomic mass is 10.1. The normalized spacial score (nSPS) is 18.3. The van der Waals surface area contributed by atoms with Crippen molar-refractivity contribution >= 4 is 17.8 Å². The molecule has 0 bridgehead atoms. The zero-order chi connectivity index (χ0) is 14.0. The van der Waals surface area contributed by atoms with E-state index in [1.54, 1.807) is 7.05 Å². The number of hydrogen-bond donors (Lipinski definition) is 1. The molecule has 2 amide bonds. The molecule has 1 fully saturated rings. The van der Waals surface area contributed by atoms with Gasteiger partial charge in [0.25, 0.3) is 0 Å². The van der Waals surface area contributed by atoms with Crippen LogP contribution in [-0.4, -0.2) is 37.6 Å². The molecule has 0 aromatic carbocycles. The predicted molar refractivity (Wildman–Crippen MR) is 63.9 cm³/mol. The minimum atomic E-state index is -1.29. The maximum Gasteiger partial charge on any atom is 0.331 e. The van der Waals surface area contributed by atoms with E-state index in [9.17, 15) is 19.5 Å². The first-order valence-electron chi connectivity index (χ1n) is 6.07. The molecule has 0 spiro atoms. The Labute approximate surface area is 109 Å². The topological polar surface area (TPSA) is 92.5 Å². The Bertz CT molecular complexity index is 505. The SMILES string of the molecule is Cn1cc(C(C(=O)O)N2C(=O)CCCCC2=O)cn1. The third-order valence-electron chi connectivity index (χ3n) is 3.10. The smallest absolute Gasteiger partial charge is 0.331 e. The van der Waals surface area contributed by atoms with E-state index in [4.69, 9.17) is 0 Å². The van der Waals surface area contributed by atoms with Crippen molar-refractivity contribution in [2.24, 2.45) is 7.05 Å². The summed E-state index contributed by atoms with van der Waals surface area (Å²) in [5, 5.41) is 13.2. The molecule has 1 saturated heterocycles. The van der Waals surface area contributed by atoms with Gasteiger partial charge in [0.05, 0.1) is 6.20 Å². The summed E-state index contributed by atoms with van der Waals surface area (Å²) in [5.41, 5.74) is 0.332. The summed E-state index contributed by atoms with van der Waals surface area (Å²) >= 11 is 0. The van der Waals surface area contributed by atoms with Crippen LogP contribution in [-0.2, 0) is 21.4 Å². The van der Waals surface area contributed by atoms with Crippen molar-refractivity contribution in [1.29, 1.82) is 0 Å². The van der Waals surface area contributed by atoms with Gasteiger partial charge in [-0.1, -0.05) is 0 Å². The van der Waals surface area contributed by atoms with Crippen molar-refractivity contribution in [3.63, 3.8) is 0 Å². The first-order chi connectivity index (χ1) is 9.00. The molecule has 1 atom stereocenters. The molecule has 1 N–H and O–H groups in total. The van der Waals surface area contributed by atoms with E-state index >= 15 is 0 Å². The zero-order valence-electron chi connectivity index (χ0n) is 10.6. The van der Waals surface area contributed by atoms with Crippen LogP contribution in [0.3, 0.4) is 0 Å². The largest absolute Gasteiger partial charge is 0.479 e. The van der Waals surface area contributed by atoms with E-state index in [1.165, 1.54) is 17.1 Å². The van der Waals surface area contributed by atoms with Crippen LogP contribution in [0.1, 0.15) is 37.3 Å². The number of carboxylic acids is 1. The van der Waals surface area contributed by atoms with E-state index < -0.39 is 23.8 Å². The molecule has 2 heterocycles. The second kappa shape index (κ2) is 5.21. The van der Waals surface area contributed by atoms with Crippen molar-refractivity contribution in [3.05, 3.63) is 18.0 Å². The number of likely N-dealkylation sites (tertiary alicyclic amines) is 1. The summed E-state index contributed by atoms with van der Waals surface area (Å²) in [4.78, 5) is 36.2. The third-order valence-corrected chi connectivity index (χ3v) is 3.10. The number of rotatable bonds is 3. The van der Waals surface area contributed by atoms with Crippen LogP contribution in [0.2, 0.25) is 0 Å². The molecule has 1 aromatic rings. The Morgan fingerprint density at radius 2 is 1.89 bits per heavy atom. The number of nitrogens with zero attached hydrogens (tertiary/aromatic N) is 3. The van der Waals surface area contributed by atoms with Gasteiger partial charge in [-0.05, 0) is 12.8 Å². The minimum Gasteiger partial charge on any atom is -0.479 e. The van der Waals surface area contributed by atoms with Crippen molar-refractivity contribution in [2.45, 2.75) is 31.7 Å². The quantitative estimate of drug-likeness (QED) is 0.802. The fourth-order valence-corrected chi connectivity index (χ4v) is 2.20. The number of hydrogen-bond acceptors (Lipinski definition) is 4. The monoisotopic (exact) mass is 265 g/mol. The molecule has 1 aliphatic rings. The number of aromatic nitrogens is 2. The molecule has 7 nitrogen and oxygen atoms in total. The van der Waals surface area contributed by atoms with Crippen molar-refractivity contribution in [1.82, 2.24) is 14.7 Å². The average Bonchev–Trinajstić information content (AvgIpc) is 2.69. The van der Waals surface area contributed by atoms with Crippen molar-refractivity contribution in [3.8, 4) is 0 Å². The van der Waals surface area contributed by atoms with Crippen LogP contribution in [0.5, 0.6) is 0 Å². The molecule has 7 heteroatoms. The van der Waals surface area contributed by atoms with E-state index in [0.29, 0.717) is 18.4 Å². The van der Waals surface area contributed by atoms with E-state index in [0.717, 1.165) is 4.90 Å². The van der Waals surface area contributed by atoms with Gasteiger partial charge in [0.2, 0.25) is 11.8 Å². The fourth-order valence-electron chi connectivity index (χ4n) is 2.20. The lowest BCUT2D eigenvalue weighted by Gasteiger charge is -2.25. The van der Waals surface area contributed by atoms with E-state index in [1.807, 2.05) is 0 Å². The standard InChI is InChI=1S/C12H15N3O4/c1-14-7-8(6-13-14)11(12(18)19)15-9(16)4-2-3-5-10(15)17/h6-7,11H,2-5H2,1H3,(H,18,19). The fraction of sp³-hybridized carbons (Fsp3) is 0.500. The second-order valence-corrected chi connectivity index (χ2v) is 4.55.